The Morgan fingerprint density at radius 1 is 1.16 bits per heavy atom. The third-order valence-electron chi connectivity index (χ3n) is 4.53. The highest BCUT2D eigenvalue weighted by Crippen LogP contribution is 2.29. The van der Waals surface area contributed by atoms with Crippen molar-refractivity contribution in [2.24, 2.45) is 10.7 Å². The highest BCUT2D eigenvalue weighted by Gasteiger charge is 2.08. The Morgan fingerprint density at radius 2 is 1.97 bits per heavy atom. The second-order valence-electron chi connectivity index (χ2n) is 6.72. The van der Waals surface area contributed by atoms with Crippen LogP contribution in [0.25, 0.3) is 16.8 Å². The Kier molecular flexibility index (Phi) is 8.97. The van der Waals surface area contributed by atoms with Crippen molar-refractivity contribution in [1.82, 2.24) is 9.71 Å². The molecule has 1 heterocycles. The number of nitrogens with zero attached hydrogens (tertiary/aromatic N) is 2. The lowest BCUT2D eigenvalue weighted by molar-refractivity contribution is 1.05. The fraction of sp³-hybridized carbons (Fsp3) is 0.167. The van der Waals surface area contributed by atoms with Crippen LogP contribution in [0.2, 0.25) is 5.02 Å². The van der Waals surface area contributed by atoms with Crippen molar-refractivity contribution < 1.29 is 0 Å². The van der Waals surface area contributed by atoms with Gasteiger partial charge in [-0.05, 0) is 60.1 Å². The summed E-state index contributed by atoms with van der Waals surface area (Å²) in [4.78, 5) is 8.55. The molecule has 5 nitrogen and oxygen atoms in total. The number of rotatable bonds is 10. The number of aliphatic imine (C=N–C) groups is 1. The highest BCUT2D eigenvalue weighted by atomic mass is 35.5. The van der Waals surface area contributed by atoms with Crippen LogP contribution in [0.4, 0.5) is 5.69 Å². The predicted molar refractivity (Wildman–Crippen MR) is 135 cm³/mol. The van der Waals surface area contributed by atoms with E-state index in [4.69, 9.17) is 17.3 Å². The summed E-state index contributed by atoms with van der Waals surface area (Å²) >= 11 is 7.70. The fourth-order valence-corrected chi connectivity index (χ4v) is 3.50. The van der Waals surface area contributed by atoms with Crippen molar-refractivity contribution in [3.8, 4) is 11.1 Å². The van der Waals surface area contributed by atoms with Crippen LogP contribution in [-0.4, -0.2) is 30.5 Å². The zero-order valence-electron chi connectivity index (χ0n) is 17.4. The number of aromatic nitrogens is 1. The van der Waals surface area contributed by atoms with E-state index in [0.717, 1.165) is 40.2 Å². The molecular weight excluding hydrogens is 426 g/mol. The highest BCUT2D eigenvalue weighted by molar-refractivity contribution is 7.97. The maximum Gasteiger partial charge on any atom is 0.0654 e. The summed E-state index contributed by atoms with van der Waals surface area (Å²) in [5.41, 5.74) is 12.2. The molecule has 0 bridgehead atoms. The zero-order chi connectivity index (χ0) is 21.9. The second-order valence-corrected chi connectivity index (χ2v) is 8.26. The minimum Gasteiger partial charge on any atom is -0.398 e. The molecule has 0 aliphatic carbocycles. The molecule has 0 saturated carbocycles. The number of hydrogen-bond acceptors (Lipinski definition) is 6. The van der Waals surface area contributed by atoms with Gasteiger partial charge in [0.1, 0.15) is 0 Å². The molecule has 0 amide bonds. The Hall–Kier alpha value is -2.80. The molecule has 0 saturated heterocycles. The minimum absolute atomic E-state index is 0.564. The molecule has 7 heteroatoms. The van der Waals surface area contributed by atoms with Gasteiger partial charge in [-0.3, -0.25) is 14.7 Å². The maximum atomic E-state index is 6.46. The summed E-state index contributed by atoms with van der Waals surface area (Å²) < 4.78 is 3.08. The van der Waals surface area contributed by atoms with Gasteiger partial charge in [0.2, 0.25) is 0 Å². The molecule has 0 aliphatic rings. The van der Waals surface area contributed by atoms with Gasteiger partial charge < -0.3 is 11.1 Å². The minimum atomic E-state index is 0.564. The summed E-state index contributed by atoms with van der Waals surface area (Å²) in [7, 11) is 1.92. The van der Waals surface area contributed by atoms with Crippen molar-refractivity contribution >= 4 is 41.1 Å². The number of halogens is 1. The molecular formula is C24H26ClN5S. The quantitative estimate of drug-likeness (QED) is 0.223. The second kappa shape index (κ2) is 12.2. The van der Waals surface area contributed by atoms with E-state index in [9.17, 15) is 0 Å². The Balaban J connectivity index is 1.82. The number of pyridine rings is 1. The van der Waals surface area contributed by atoms with Gasteiger partial charge in [0.25, 0.3) is 0 Å². The Morgan fingerprint density at radius 3 is 2.71 bits per heavy atom. The van der Waals surface area contributed by atoms with E-state index in [1.807, 2.05) is 55.7 Å². The van der Waals surface area contributed by atoms with Crippen LogP contribution in [0.5, 0.6) is 0 Å². The van der Waals surface area contributed by atoms with Gasteiger partial charge in [-0.25, -0.2) is 0 Å². The lowest BCUT2D eigenvalue weighted by Gasteiger charge is -2.14. The topological polar surface area (TPSA) is 75.3 Å². The molecule has 0 spiro atoms. The Bertz CT molecular complexity index is 1020. The summed E-state index contributed by atoms with van der Waals surface area (Å²) in [5.74, 6) is 0.936. The Labute approximate surface area is 193 Å². The number of nitrogens with one attached hydrogen (secondary N) is 2. The number of anilines is 1. The van der Waals surface area contributed by atoms with Gasteiger partial charge in [-0.15, -0.1) is 0 Å². The molecule has 160 valence electrons. The smallest absolute Gasteiger partial charge is 0.0654 e. The van der Waals surface area contributed by atoms with Crippen LogP contribution in [0.1, 0.15) is 11.1 Å². The average molecular weight is 452 g/mol. The molecule has 0 fully saturated rings. The number of allylic oxidation sites excluding steroid dienone is 1. The summed E-state index contributed by atoms with van der Waals surface area (Å²) in [6.45, 7) is 1.38. The maximum absolute atomic E-state index is 6.46. The van der Waals surface area contributed by atoms with Gasteiger partial charge in [-0.1, -0.05) is 47.8 Å². The first-order valence-corrected chi connectivity index (χ1v) is 11.3. The predicted octanol–water partition coefficient (Wildman–Crippen LogP) is 5.25. The zero-order valence-corrected chi connectivity index (χ0v) is 19.0. The fourth-order valence-electron chi connectivity index (χ4n) is 2.97. The molecule has 0 atom stereocenters. The van der Waals surface area contributed by atoms with Crippen LogP contribution in [0, 0.1) is 0 Å². The van der Waals surface area contributed by atoms with Crippen LogP contribution >= 0.6 is 23.5 Å². The molecule has 0 unspecified atom stereocenters. The molecule has 1 aromatic heterocycles. The lowest BCUT2D eigenvalue weighted by Crippen LogP contribution is -2.10. The molecule has 0 aliphatic heterocycles. The monoisotopic (exact) mass is 451 g/mol. The number of benzene rings is 2. The van der Waals surface area contributed by atoms with Gasteiger partial charge in [-0.2, -0.15) is 0 Å². The van der Waals surface area contributed by atoms with E-state index in [2.05, 4.69) is 38.2 Å². The van der Waals surface area contributed by atoms with E-state index in [0.29, 0.717) is 17.3 Å². The molecule has 0 radical (unpaired) electrons. The van der Waals surface area contributed by atoms with Crippen LogP contribution in [0.3, 0.4) is 0 Å². The lowest BCUT2D eigenvalue weighted by atomic mass is 10.00. The first-order chi connectivity index (χ1) is 15.2. The molecule has 2 aromatic carbocycles. The van der Waals surface area contributed by atoms with E-state index >= 15 is 0 Å². The van der Waals surface area contributed by atoms with E-state index < -0.39 is 0 Å². The largest absolute Gasteiger partial charge is 0.398 e. The number of nitrogens with two attached hydrogens (primary N) is 1. The third-order valence-corrected chi connectivity index (χ3v) is 5.48. The van der Waals surface area contributed by atoms with Gasteiger partial charge in [0.15, 0.2) is 0 Å². The first-order valence-electron chi connectivity index (χ1n) is 9.94. The van der Waals surface area contributed by atoms with Gasteiger partial charge in [0.05, 0.1) is 6.54 Å². The van der Waals surface area contributed by atoms with Crippen molar-refractivity contribution in [2.45, 2.75) is 6.54 Å². The van der Waals surface area contributed by atoms with Gasteiger partial charge in [0, 0.05) is 52.9 Å². The molecule has 3 aromatic rings. The van der Waals surface area contributed by atoms with Crippen LogP contribution in [-0.2, 0) is 6.54 Å². The van der Waals surface area contributed by atoms with E-state index in [-0.39, 0.29) is 0 Å². The van der Waals surface area contributed by atoms with Gasteiger partial charge >= 0.3 is 0 Å². The first kappa shape index (κ1) is 22.9. The normalized spacial score (nSPS) is 11.7. The summed E-state index contributed by atoms with van der Waals surface area (Å²) in [6, 6.07) is 17.9. The standard InChI is InChI=1S/C24H26ClN5S/c1-27-31-14-13-30-24-9-6-20(19-4-7-21(25)8-5-19)15-22(24)23(26)10-12-29-17-18-3-2-11-28-16-18/h2-12,15-16,27,30H,13-14,17,26H2,1H3/b23-10-,29-12?. The number of hydrogen-bond donors (Lipinski definition) is 3. The van der Waals surface area contributed by atoms with Crippen molar-refractivity contribution in [3.05, 3.63) is 89.2 Å². The van der Waals surface area contributed by atoms with E-state index in [1.54, 1.807) is 24.4 Å². The van der Waals surface area contributed by atoms with E-state index in [1.165, 1.54) is 0 Å². The summed E-state index contributed by atoms with van der Waals surface area (Å²) in [5, 5.41) is 4.19. The molecule has 4 N–H and O–H groups in total. The van der Waals surface area contributed by atoms with Crippen LogP contribution in [0.15, 0.2) is 78.1 Å². The molecule has 3 rings (SSSR count). The average Bonchev–Trinajstić information content (AvgIpc) is 2.81. The van der Waals surface area contributed by atoms with Crippen molar-refractivity contribution in [1.29, 1.82) is 0 Å². The van der Waals surface area contributed by atoms with Crippen molar-refractivity contribution in [2.75, 3.05) is 24.7 Å². The SMILES string of the molecule is CNSCCNc1ccc(-c2ccc(Cl)cc2)cc1/C(N)=C/C=NCc1cccnc1. The summed E-state index contributed by atoms with van der Waals surface area (Å²) in [6.07, 6.45) is 7.15. The van der Waals surface area contributed by atoms with Crippen molar-refractivity contribution in [3.63, 3.8) is 0 Å². The third kappa shape index (κ3) is 7.14. The molecule has 31 heavy (non-hydrogen) atoms. The van der Waals surface area contributed by atoms with Crippen LogP contribution < -0.4 is 15.8 Å².